The first-order chi connectivity index (χ1) is 9.58. The summed E-state index contributed by atoms with van der Waals surface area (Å²) >= 11 is 5.93. The van der Waals surface area contributed by atoms with E-state index in [1.165, 1.54) is 12.1 Å². The Morgan fingerprint density at radius 3 is 2.35 bits per heavy atom. The molecule has 0 spiro atoms. The molecule has 0 aromatic heterocycles. The third-order valence-electron chi connectivity index (χ3n) is 2.66. The molecule has 0 aliphatic heterocycles. The largest absolute Gasteiger partial charge is 0.508 e. The van der Waals surface area contributed by atoms with Gasteiger partial charge in [-0.05, 0) is 42.0 Å². The van der Waals surface area contributed by atoms with Crippen LogP contribution >= 0.6 is 11.6 Å². The molecule has 0 radical (unpaired) electrons. The van der Waals surface area contributed by atoms with Crippen molar-refractivity contribution in [2.45, 2.75) is 0 Å². The molecule has 2 aromatic rings. The number of phenols is 1. The van der Waals surface area contributed by atoms with Gasteiger partial charge in [0.15, 0.2) is 0 Å². The molecule has 2 aromatic carbocycles. The van der Waals surface area contributed by atoms with E-state index in [0.29, 0.717) is 16.3 Å². The van der Waals surface area contributed by atoms with E-state index in [2.05, 4.69) is 17.4 Å². The van der Waals surface area contributed by atoms with Crippen LogP contribution in [0.1, 0.15) is 15.9 Å². The summed E-state index contributed by atoms with van der Waals surface area (Å²) in [5.41, 5.74) is 6.86. The molecule has 0 saturated carbocycles. The first-order valence-electron chi connectivity index (χ1n) is 5.87. The molecule has 3 N–H and O–H groups in total. The Hall–Kier alpha value is -2.46. The van der Waals surface area contributed by atoms with Gasteiger partial charge < -0.3 is 5.11 Å². The SMILES string of the molecule is C=C(NNC(=O)c1ccccc1Cl)c1ccc(O)cc1. The third-order valence-corrected chi connectivity index (χ3v) is 2.99. The van der Waals surface area contributed by atoms with Crippen LogP contribution < -0.4 is 10.9 Å². The molecule has 0 aliphatic carbocycles. The van der Waals surface area contributed by atoms with Gasteiger partial charge in [0.05, 0.1) is 16.3 Å². The highest BCUT2D eigenvalue weighted by molar-refractivity contribution is 6.33. The van der Waals surface area contributed by atoms with Crippen LogP contribution in [0, 0.1) is 0 Å². The van der Waals surface area contributed by atoms with Gasteiger partial charge in [-0.15, -0.1) is 0 Å². The van der Waals surface area contributed by atoms with Gasteiger partial charge >= 0.3 is 0 Å². The van der Waals surface area contributed by atoms with Crippen molar-refractivity contribution in [1.82, 2.24) is 10.9 Å². The number of hydrogen-bond donors (Lipinski definition) is 3. The Bertz CT molecular complexity index is 639. The average Bonchev–Trinajstić information content (AvgIpc) is 2.45. The maximum absolute atomic E-state index is 11.9. The molecule has 2 rings (SSSR count). The van der Waals surface area contributed by atoms with E-state index in [4.69, 9.17) is 11.6 Å². The zero-order valence-corrected chi connectivity index (χ0v) is 11.3. The van der Waals surface area contributed by atoms with Crippen molar-refractivity contribution < 1.29 is 9.90 Å². The topological polar surface area (TPSA) is 61.4 Å². The fraction of sp³-hybridized carbons (Fsp3) is 0. The number of phenolic OH excluding ortho intramolecular Hbond substituents is 1. The van der Waals surface area contributed by atoms with Crippen LogP contribution in [-0.2, 0) is 0 Å². The normalized spacial score (nSPS) is 9.85. The quantitative estimate of drug-likeness (QED) is 0.758. The smallest absolute Gasteiger partial charge is 0.271 e. The van der Waals surface area contributed by atoms with E-state index in [1.54, 1.807) is 36.4 Å². The number of halogens is 1. The average molecular weight is 289 g/mol. The van der Waals surface area contributed by atoms with E-state index in [0.717, 1.165) is 5.56 Å². The molecular weight excluding hydrogens is 276 g/mol. The fourth-order valence-corrected chi connectivity index (χ4v) is 1.80. The monoisotopic (exact) mass is 288 g/mol. The van der Waals surface area contributed by atoms with Gasteiger partial charge in [0.1, 0.15) is 5.75 Å². The lowest BCUT2D eigenvalue weighted by Crippen LogP contribution is -2.35. The molecule has 102 valence electrons. The van der Waals surface area contributed by atoms with Gasteiger partial charge in [-0.2, -0.15) is 0 Å². The molecule has 0 heterocycles. The van der Waals surface area contributed by atoms with Crippen molar-refractivity contribution in [1.29, 1.82) is 0 Å². The molecule has 0 saturated heterocycles. The number of nitrogens with one attached hydrogen (secondary N) is 2. The zero-order valence-electron chi connectivity index (χ0n) is 10.6. The molecule has 20 heavy (non-hydrogen) atoms. The predicted octanol–water partition coefficient (Wildman–Crippen LogP) is 2.95. The Morgan fingerprint density at radius 2 is 1.70 bits per heavy atom. The third kappa shape index (κ3) is 3.30. The number of hydrazine groups is 1. The first kappa shape index (κ1) is 14.0. The number of amides is 1. The Kier molecular flexibility index (Phi) is 4.27. The summed E-state index contributed by atoms with van der Waals surface area (Å²) in [5.74, 6) is -0.183. The summed E-state index contributed by atoms with van der Waals surface area (Å²) < 4.78 is 0. The van der Waals surface area contributed by atoms with Gasteiger partial charge in [0.25, 0.3) is 5.91 Å². The number of carbonyl (C=O) groups excluding carboxylic acids is 1. The van der Waals surface area contributed by atoms with E-state index in [9.17, 15) is 9.90 Å². The molecule has 4 nitrogen and oxygen atoms in total. The fourth-order valence-electron chi connectivity index (χ4n) is 1.58. The van der Waals surface area contributed by atoms with Crippen LogP contribution in [0.15, 0.2) is 55.1 Å². The zero-order chi connectivity index (χ0) is 14.5. The molecular formula is C15H13ClN2O2. The molecule has 1 amide bonds. The maximum atomic E-state index is 11.9. The van der Waals surface area contributed by atoms with Crippen molar-refractivity contribution in [3.05, 3.63) is 71.3 Å². The molecule has 0 aliphatic rings. The Morgan fingerprint density at radius 1 is 1.05 bits per heavy atom. The van der Waals surface area contributed by atoms with Crippen molar-refractivity contribution in [3.63, 3.8) is 0 Å². The van der Waals surface area contributed by atoms with Crippen LogP contribution in [0.4, 0.5) is 0 Å². The second-order valence-electron chi connectivity index (χ2n) is 4.08. The van der Waals surface area contributed by atoms with Crippen LogP contribution in [0.2, 0.25) is 5.02 Å². The maximum Gasteiger partial charge on any atom is 0.271 e. The van der Waals surface area contributed by atoms with E-state index >= 15 is 0 Å². The number of rotatable bonds is 4. The minimum atomic E-state index is -0.351. The minimum absolute atomic E-state index is 0.168. The summed E-state index contributed by atoms with van der Waals surface area (Å²) in [7, 11) is 0. The lowest BCUT2D eigenvalue weighted by atomic mass is 10.2. The molecule has 0 atom stereocenters. The van der Waals surface area contributed by atoms with E-state index < -0.39 is 0 Å². The summed E-state index contributed by atoms with van der Waals surface area (Å²) in [5, 5.41) is 9.58. The Balaban J connectivity index is 1.99. The summed E-state index contributed by atoms with van der Waals surface area (Å²) in [4.78, 5) is 11.9. The van der Waals surface area contributed by atoms with Gasteiger partial charge in [-0.1, -0.05) is 30.3 Å². The van der Waals surface area contributed by atoms with Crippen molar-refractivity contribution in [2.24, 2.45) is 0 Å². The first-order valence-corrected chi connectivity index (χ1v) is 6.25. The van der Waals surface area contributed by atoms with Gasteiger partial charge in [-0.3, -0.25) is 15.6 Å². The van der Waals surface area contributed by atoms with Crippen LogP contribution in [0.3, 0.4) is 0 Å². The van der Waals surface area contributed by atoms with E-state index in [1.807, 2.05) is 0 Å². The highest BCUT2D eigenvalue weighted by Crippen LogP contribution is 2.16. The van der Waals surface area contributed by atoms with Gasteiger partial charge in [-0.25, -0.2) is 0 Å². The van der Waals surface area contributed by atoms with Crippen molar-refractivity contribution in [3.8, 4) is 5.75 Å². The van der Waals surface area contributed by atoms with Crippen molar-refractivity contribution in [2.75, 3.05) is 0 Å². The molecule has 5 heteroatoms. The number of hydrogen-bond acceptors (Lipinski definition) is 3. The summed E-state index contributed by atoms with van der Waals surface area (Å²) in [6.45, 7) is 3.80. The minimum Gasteiger partial charge on any atom is -0.508 e. The Labute approximate surface area is 121 Å². The number of aromatic hydroxyl groups is 1. The van der Waals surface area contributed by atoms with Crippen LogP contribution in [-0.4, -0.2) is 11.0 Å². The molecule has 0 bridgehead atoms. The van der Waals surface area contributed by atoms with Gasteiger partial charge in [0, 0.05) is 0 Å². The lowest BCUT2D eigenvalue weighted by Gasteiger charge is -2.12. The molecule has 0 fully saturated rings. The predicted molar refractivity (Wildman–Crippen MR) is 79.2 cm³/mol. The standard InChI is InChI=1S/C15H13ClN2O2/c1-10(11-6-8-12(19)9-7-11)17-18-15(20)13-4-2-3-5-14(13)16/h2-9,17,19H,1H2,(H,18,20). The number of benzene rings is 2. The highest BCUT2D eigenvalue weighted by Gasteiger charge is 2.09. The molecule has 0 unspecified atom stereocenters. The number of carbonyl (C=O) groups is 1. The summed E-state index contributed by atoms with van der Waals surface area (Å²) in [6, 6.07) is 13.2. The lowest BCUT2D eigenvalue weighted by molar-refractivity contribution is 0.0942. The van der Waals surface area contributed by atoms with E-state index in [-0.39, 0.29) is 11.7 Å². The second kappa shape index (κ2) is 6.12. The van der Waals surface area contributed by atoms with Gasteiger partial charge in [0.2, 0.25) is 0 Å². The van der Waals surface area contributed by atoms with Crippen LogP contribution in [0.25, 0.3) is 5.70 Å². The van der Waals surface area contributed by atoms with Crippen molar-refractivity contribution >= 4 is 23.2 Å². The summed E-state index contributed by atoms with van der Waals surface area (Å²) in [6.07, 6.45) is 0. The highest BCUT2D eigenvalue weighted by atomic mass is 35.5. The second-order valence-corrected chi connectivity index (χ2v) is 4.49. The van der Waals surface area contributed by atoms with Crippen LogP contribution in [0.5, 0.6) is 5.75 Å².